The van der Waals surface area contributed by atoms with Gasteiger partial charge in [-0.05, 0) is 49.4 Å². The molecule has 0 bridgehead atoms. The van der Waals surface area contributed by atoms with Gasteiger partial charge < -0.3 is 33.8 Å². The second-order valence-electron chi connectivity index (χ2n) is 27.5. The summed E-state index contributed by atoms with van der Waals surface area (Å²) in [5, 5.41) is 10.6. The van der Waals surface area contributed by atoms with Crippen molar-refractivity contribution in [3.05, 3.63) is 0 Å². The van der Waals surface area contributed by atoms with Gasteiger partial charge in [-0.25, -0.2) is 9.13 Å². The highest BCUT2D eigenvalue weighted by atomic mass is 31.2. The molecule has 0 saturated heterocycles. The first kappa shape index (κ1) is 88.1. The number of hydrogen-bond acceptors (Lipinski definition) is 15. The molecule has 0 radical (unpaired) electrons. The summed E-state index contributed by atoms with van der Waals surface area (Å²) in [6, 6.07) is 0. The Morgan fingerprint density at radius 3 is 0.689 bits per heavy atom. The fourth-order valence-corrected chi connectivity index (χ4v) is 12.2. The summed E-state index contributed by atoms with van der Waals surface area (Å²) in [6.45, 7) is 14.1. The lowest BCUT2D eigenvalue weighted by Gasteiger charge is -2.21. The van der Waals surface area contributed by atoms with Crippen LogP contribution in [0.3, 0.4) is 0 Å². The van der Waals surface area contributed by atoms with Crippen molar-refractivity contribution in [2.24, 2.45) is 23.7 Å². The van der Waals surface area contributed by atoms with Crippen LogP contribution in [0.2, 0.25) is 0 Å². The van der Waals surface area contributed by atoms with E-state index in [4.69, 9.17) is 37.0 Å². The minimum Gasteiger partial charge on any atom is -0.462 e. The van der Waals surface area contributed by atoms with Gasteiger partial charge in [-0.3, -0.25) is 37.3 Å². The molecule has 0 aliphatic rings. The van der Waals surface area contributed by atoms with E-state index in [1.807, 2.05) is 0 Å². The molecule has 0 aromatic rings. The smallest absolute Gasteiger partial charge is 0.462 e. The number of carbonyl (C=O) groups excluding carboxylic acids is 4. The number of esters is 4. The van der Waals surface area contributed by atoms with Gasteiger partial charge in [0.25, 0.3) is 0 Å². The van der Waals surface area contributed by atoms with Crippen molar-refractivity contribution in [1.29, 1.82) is 0 Å². The van der Waals surface area contributed by atoms with E-state index in [2.05, 4.69) is 55.4 Å². The minimum atomic E-state index is -4.95. The molecule has 5 atom stereocenters. The van der Waals surface area contributed by atoms with E-state index >= 15 is 0 Å². The van der Waals surface area contributed by atoms with Crippen LogP contribution in [0.15, 0.2) is 0 Å². The van der Waals surface area contributed by atoms with Crippen LogP contribution in [0.1, 0.15) is 351 Å². The monoisotopic (exact) mass is 1320 g/mol. The number of unbranched alkanes of at least 4 members (excludes halogenated alkanes) is 34. The van der Waals surface area contributed by atoms with Crippen LogP contribution in [0.4, 0.5) is 0 Å². The summed E-state index contributed by atoms with van der Waals surface area (Å²) in [4.78, 5) is 72.5. The fourth-order valence-electron chi connectivity index (χ4n) is 10.7. The average molecular weight is 1330 g/mol. The van der Waals surface area contributed by atoms with Crippen LogP contribution >= 0.6 is 15.6 Å². The third-order valence-electron chi connectivity index (χ3n) is 16.3. The quantitative estimate of drug-likeness (QED) is 0.0222. The van der Waals surface area contributed by atoms with E-state index in [1.165, 1.54) is 154 Å². The van der Waals surface area contributed by atoms with Gasteiger partial charge in [-0.15, -0.1) is 0 Å². The summed E-state index contributed by atoms with van der Waals surface area (Å²) in [5.41, 5.74) is 0. The third-order valence-corrected chi connectivity index (χ3v) is 18.2. The predicted molar refractivity (Wildman–Crippen MR) is 363 cm³/mol. The Morgan fingerprint density at radius 2 is 0.467 bits per heavy atom. The standard InChI is InChI=1S/C71H138O17P2/c1-61(2)47-39-31-23-17-13-10-9-11-15-20-28-37-45-53-70(75)87-66(57-81-68(73)51-43-35-26-19-16-12-14-18-24-32-40-48-62(3)4)59-85-89(77,78)83-55-65(72)56-84-90(79,80)86-60-67(88-71(76)54-46-38-30-29-34-42-50-64(7)8)58-82-69(74)52-44-36-27-22-21-25-33-41-49-63(5)6/h61-67,72H,9-60H2,1-8H3,(H,77,78)(H,79,80)/t65?,66-,67-/m1/s1. The number of hydrogen-bond donors (Lipinski definition) is 3. The molecule has 0 spiro atoms. The zero-order valence-electron chi connectivity index (χ0n) is 58.8. The van der Waals surface area contributed by atoms with Crippen molar-refractivity contribution < 1.29 is 80.2 Å². The van der Waals surface area contributed by atoms with E-state index in [1.54, 1.807) is 0 Å². The number of phosphoric ester groups is 2. The van der Waals surface area contributed by atoms with Crippen LogP contribution in [0.25, 0.3) is 0 Å². The SMILES string of the molecule is CC(C)CCCCCCCCCCCCCCCC(=O)O[C@H](COC(=O)CCCCCCCCCCCCCC(C)C)COP(=O)(O)OCC(O)COP(=O)(O)OC[C@@H](COC(=O)CCCCCCCCCCC(C)C)OC(=O)CCCCCCCCC(C)C. The maximum absolute atomic E-state index is 13.0. The molecule has 0 aromatic heterocycles. The van der Waals surface area contributed by atoms with E-state index in [9.17, 15) is 43.2 Å². The number of ether oxygens (including phenoxy) is 4. The Morgan fingerprint density at radius 1 is 0.278 bits per heavy atom. The van der Waals surface area contributed by atoms with Gasteiger partial charge in [0.1, 0.15) is 19.3 Å². The van der Waals surface area contributed by atoms with Crippen molar-refractivity contribution in [2.75, 3.05) is 39.6 Å². The average Bonchev–Trinajstić information content (AvgIpc) is 2.62. The summed E-state index contributed by atoms with van der Waals surface area (Å²) >= 11 is 0. The summed E-state index contributed by atoms with van der Waals surface area (Å²) in [5.74, 6) is 0.821. The molecule has 19 heteroatoms. The molecule has 3 unspecified atom stereocenters. The van der Waals surface area contributed by atoms with Gasteiger partial charge in [-0.1, -0.05) is 299 Å². The largest absolute Gasteiger partial charge is 0.472 e. The molecule has 0 aromatic carbocycles. The lowest BCUT2D eigenvalue weighted by molar-refractivity contribution is -0.161. The summed E-state index contributed by atoms with van der Waals surface area (Å²) in [7, 11) is -9.90. The van der Waals surface area contributed by atoms with E-state index < -0.39 is 97.5 Å². The molecule has 0 aliphatic heterocycles. The van der Waals surface area contributed by atoms with Crippen LogP contribution in [0, 0.1) is 23.7 Å². The third kappa shape index (κ3) is 64.8. The Kier molecular flexibility index (Phi) is 59.4. The van der Waals surface area contributed by atoms with Gasteiger partial charge in [0, 0.05) is 25.7 Å². The Balaban J connectivity index is 5.24. The molecule has 0 amide bonds. The van der Waals surface area contributed by atoms with Gasteiger partial charge >= 0.3 is 39.5 Å². The van der Waals surface area contributed by atoms with Crippen molar-refractivity contribution >= 4 is 39.5 Å². The first-order chi connectivity index (χ1) is 43.1. The Bertz CT molecular complexity index is 1780. The lowest BCUT2D eigenvalue weighted by atomic mass is 10.0. The van der Waals surface area contributed by atoms with Gasteiger partial charge in [0.05, 0.1) is 26.4 Å². The van der Waals surface area contributed by atoms with Crippen LogP contribution in [-0.2, 0) is 65.4 Å². The molecule has 0 rings (SSSR count). The molecule has 3 N–H and O–H groups in total. The Hall–Kier alpha value is -1.94. The topological polar surface area (TPSA) is 237 Å². The summed E-state index contributed by atoms with van der Waals surface area (Å²) in [6.07, 6.45) is 43.3. The highest BCUT2D eigenvalue weighted by molar-refractivity contribution is 7.47. The number of aliphatic hydroxyl groups excluding tert-OH is 1. The molecule has 17 nitrogen and oxygen atoms in total. The van der Waals surface area contributed by atoms with Crippen LogP contribution < -0.4 is 0 Å². The van der Waals surface area contributed by atoms with Crippen LogP contribution in [-0.4, -0.2) is 96.7 Å². The van der Waals surface area contributed by atoms with Gasteiger partial charge in [0.2, 0.25) is 0 Å². The molecule has 90 heavy (non-hydrogen) atoms. The highest BCUT2D eigenvalue weighted by Crippen LogP contribution is 2.45. The normalized spacial score (nSPS) is 14.3. The van der Waals surface area contributed by atoms with Gasteiger partial charge in [0.15, 0.2) is 12.2 Å². The molecular formula is C71H138O17P2. The number of aliphatic hydroxyl groups is 1. The zero-order valence-corrected chi connectivity index (χ0v) is 60.6. The molecule has 0 aliphatic carbocycles. The second kappa shape index (κ2) is 60.7. The molecule has 0 fully saturated rings. The number of phosphoric acid groups is 2. The molecular weight excluding hydrogens is 1190 g/mol. The zero-order chi connectivity index (χ0) is 66.8. The maximum Gasteiger partial charge on any atom is 0.472 e. The molecule has 0 saturated carbocycles. The van der Waals surface area contributed by atoms with Crippen LogP contribution in [0.5, 0.6) is 0 Å². The fraction of sp³-hybridized carbons (Fsp3) is 0.944. The number of rotatable bonds is 68. The van der Waals surface area contributed by atoms with Crippen molar-refractivity contribution in [3.63, 3.8) is 0 Å². The first-order valence-corrected chi connectivity index (χ1v) is 39.7. The highest BCUT2D eigenvalue weighted by Gasteiger charge is 2.30. The van der Waals surface area contributed by atoms with Crippen molar-refractivity contribution in [3.8, 4) is 0 Å². The van der Waals surface area contributed by atoms with Crippen molar-refractivity contribution in [2.45, 2.75) is 369 Å². The molecule has 0 heterocycles. The Labute approximate surface area is 549 Å². The van der Waals surface area contributed by atoms with Gasteiger partial charge in [-0.2, -0.15) is 0 Å². The van der Waals surface area contributed by atoms with Crippen molar-refractivity contribution in [1.82, 2.24) is 0 Å². The van der Waals surface area contributed by atoms with E-state index in [0.29, 0.717) is 31.6 Å². The van der Waals surface area contributed by atoms with E-state index in [-0.39, 0.29) is 25.7 Å². The predicted octanol–water partition coefficient (Wildman–Crippen LogP) is 20.1. The first-order valence-electron chi connectivity index (χ1n) is 36.7. The van der Waals surface area contributed by atoms with E-state index in [0.717, 1.165) is 108 Å². The maximum atomic E-state index is 13.0. The summed E-state index contributed by atoms with van der Waals surface area (Å²) < 4.78 is 68.3. The molecule has 534 valence electrons. The second-order valence-corrected chi connectivity index (χ2v) is 30.4. The minimum absolute atomic E-state index is 0.101. The number of carbonyl (C=O) groups is 4. The lowest BCUT2D eigenvalue weighted by Crippen LogP contribution is -2.30.